The number of carbonyl (C=O) groups excluding carboxylic acids is 3. The molecule has 0 spiro atoms. The van der Waals surface area contributed by atoms with Crippen molar-refractivity contribution in [3.8, 4) is 11.3 Å². The molecule has 34 heavy (non-hydrogen) atoms. The van der Waals surface area contributed by atoms with Gasteiger partial charge in [0.1, 0.15) is 0 Å². The van der Waals surface area contributed by atoms with Crippen LogP contribution in [-0.2, 0) is 16.0 Å². The third-order valence-electron chi connectivity index (χ3n) is 6.07. The number of benzene rings is 2. The molecule has 1 fully saturated rings. The summed E-state index contributed by atoms with van der Waals surface area (Å²) in [5.41, 5.74) is 4.38. The van der Waals surface area contributed by atoms with Crippen LogP contribution >= 0.6 is 0 Å². The normalized spacial score (nSPS) is 15.0. The molecule has 1 aromatic heterocycles. The van der Waals surface area contributed by atoms with Crippen LogP contribution in [0.3, 0.4) is 0 Å². The van der Waals surface area contributed by atoms with Gasteiger partial charge in [-0.2, -0.15) is 0 Å². The van der Waals surface area contributed by atoms with Crippen molar-refractivity contribution in [1.82, 2.24) is 19.8 Å². The molecule has 0 unspecified atom stereocenters. The fraction of sp³-hybridized carbons (Fsp3) is 0.240. The molecule has 3 heterocycles. The molecule has 1 saturated heterocycles. The lowest BCUT2D eigenvalue weighted by Gasteiger charge is -2.34. The average Bonchev–Trinajstić information content (AvgIpc) is 2.99. The van der Waals surface area contributed by atoms with E-state index in [0.29, 0.717) is 43.4 Å². The summed E-state index contributed by atoms with van der Waals surface area (Å²) in [6.45, 7) is 3.72. The lowest BCUT2D eigenvalue weighted by molar-refractivity contribution is -0.130. The third-order valence-corrected chi connectivity index (χ3v) is 6.07. The van der Waals surface area contributed by atoms with Gasteiger partial charge in [0.15, 0.2) is 0 Å². The summed E-state index contributed by atoms with van der Waals surface area (Å²) in [5, 5.41) is 6.09. The van der Waals surface area contributed by atoms with Crippen molar-refractivity contribution in [2.24, 2.45) is 0 Å². The fourth-order valence-electron chi connectivity index (χ4n) is 4.23. The minimum Gasteiger partial charge on any atom is -0.339 e. The van der Waals surface area contributed by atoms with Crippen LogP contribution < -0.4 is 10.6 Å². The number of hydrogen-bond donors (Lipinski definition) is 2. The molecular weight excluding hydrogens is 432 g/mol. The maximum Gasteiger partial charge on any atom is 0.253 e. The number of aromatic nitrogens is 2. The van der Waals surface area contributed by atoms with Crippen molar-refractivity contribution >= 4 is 35.0 Å². The first-order valence-corrected chi connectivity index (χ1v) is 11.1. The van der Waals surface area contributed by atoms with Crippen molar-refractivity contribution in [2.45, 2.75) is 13.3 Å². The molecule has 172 valence electrons. The number of rotatable bonds is 3. The van der Waals surface area contributed by atoms with Crippen LogP contribution in [-0.4, -0.2) is 63.7 Å². The smallest absolute Gasteiger partial charge is 0.253 e. The maximum absolute atomic E-state index is 12.8. The van der Waals surface area contributed by atoms with Crippen molar-refractivity contribution in [2.75, 3.05) is 36.8 Å². The number of piperazine rings is 1. The first-order chi connectivity index (χ1) is 16.5. The molecule has 2 N–H and O–H groups in total. The Bertz CT molecular complexity index is 1270. The first-order valence-electron chi connectivity index (χ1n) is 11.1. The minimum atomic E-state index is -0.0986. The number of para-hydroxylation sites is 1. The summed E-state index contributed by atoms with van der Waals surface area (Å²) in [5.74, 6) is 0.291. The van der Waals surface area contributed by atoms with Crippen LogP contribution in [0.5, 0.6) is 0 Å². The maximum atomic E-state index is 12.8. The Labute approximate surface area is 196 Å². The molecule has 2 aliphatic rings. The van der Waals surface area contributed by atoms with Crippen molar-refractivity contribution in [3.63, 3.8) is 0 Å². The molecule has 0 saturated carbocycles. The Balaban J connectivity index is 1.31. The Morgan fingerprint density at radius 1 is 0.971 bits per heavy atom. The number of carbonyl (C=O) groups is 3. The van der Waals surface area contributed by atoms with Gasteiger partial charge in [-0.1, -0.05) is 18.2 Å². The monoisotopic (exact) mass is 456 g/mol. The Hall–Kier alpha value is -4.27. The van der Waals surface area contributed by atoms with Gasteiger partial charge in [-0.3, -0.25) is 14.4 Å². The number of nitrogens with zero attached hydrogens (tertiary/aromatic N) is 4. The molecule has 3 amide bonds. The van der Waals surface area contributed by atoms with Crippen LogP contribution in [0.25, 0.3) is 11.3 Å². The average molecular weight is 457 g/mol. The largest absolute Gasteiger partial charge is 0.339 e. The topological polar surface area (TPSA) is 108 Å². The summed E-state index contributed by atoms with van der Waals surface area (Å²) in [6, 6.07) is 14.7. The van der Waals surface area contributed by atoms with E-state index >= 15 is 0 Å². The van der Waals surface area contributed by atoms with E-state index in [4.69, 9.17) is 0 Å². The zero-order valence-corrected chi connectivity index (χ0v) is 18.7. The summed E-state index contributed by atoms with van der Waals surface area (Å²) < 4.78 is 0. The van der Waals surface area contributed by atoms with E-state index < -0.39 is 0 Å². The number of amides is 3. The van der Waals surface area contributed by atoms with Gasteiger partial charge in [-0.15, -0.1) is 0 Å². The number of fused-ring (bicyclic) bond motifs is 3. The Morgan fingerprint density at radius 2 is 1.68 bits per heavy atom. The molecule has 3 aromatic rings. The predicted molar refractivity (Wildman–Crippen MR) is 128 cm³/mol. The Kier molecular flexibility index (Phi) is 5.67. The SMILES string of the molecule is CC(=O)N1CCN(C(=O)c2ccc(Nc3ncc4c(n3)-c3ccccc3NC(=O)C4)cc2)CC1. The van der Waals surface area contributed by atoms with Gasteiger partial charge in [0.25, 0.3) is 5.91 Å². The molecule has 2 aromatic carbocycles. The summed E-state index contributed by atoms with van der Waals surface area (Å²) in [4.78, 5) is 49.1. The second-order valence-electron chi connectivity index (χ2n) is 8.34. The van der Waals surface area contributed by atoms with E-state index in [2.05, 4.69) is 20.6 Å². The van der Waals surface area contributed by atoms with Crippen LogP contribution in [0.2, 0.25) is 0 Å². The molecule has 0 bridgehead atoms. The van der Waals surface area contributed by atoms with Gasteiger partial charge in [-0.05, 0) is 30.3 Å². The highest BCUT2D eigenvalue weighted by Gasteiger charge is 2.23. The van der Waals surface area contributed by atoms with Crippen molar-refractivity contribution in [3.05, 3.63) is 65.9 Å². The van der Waals surface area contributed by atoms with E-state index in [-0.39, 0.29) is 24.1 Å². The lowest BCUT2D eigenvalue weighted by atomic mass is 10.1. The van der Waals surface area contributed by atoms with Crippen LogP contribution in [0, 0.1) is 0 Å². The quantitative estimate of drug-likeness (QED) is 0.628. The minimum absolute atomic E-state index is 0.0360. The van der Waals surface area contributed by atoms with E-state index in [9.17, 15) is 14.4 Å². The standard InChI is InChI=1S/C25H24N6O3/c1-16(32)30-10-12-31(13-11-30)24(34)17-6-8-19(9-7-17)27-25-26-15-18-14-22(33)28-21-5-3-2-4-20(21)23(18)29-25/h2-9,15H,10-14H2,1H3,(H,28,33)(H,26,27,29). The summed E-state index contributed by atoms with van der Waals surface area (Å²) in [7, 11) is 0. The summed E-state index contributed by atoms with van der Waals surface area (Å²) in [6.07, 6.45) is 1.88. The fourth-order valence-corrected chi connectivity index (χ4v) is 4.23. The number of nitrogens with one attached hydrogen (secondary N) is 2. The molecular formula is C25H24N6O3. The molecule has 0 atom stereocenters. The van der Waals surface area contributed by atoms with E-state index in [1.807, 2.05) is 36.4 Å². The molecule has 2 aliphatic heterocycles. The highest BCUT2D eigenvalue weighted by molar-refractivity contribution is 6.00. The molecule has 9 nitrogen and oxygen atoms in total. The van der Waals surface area contributed by atoms with Gasteiger partial charge in [0.2, 0.25) is 17.8 Å². The predicted octanol–water partition coefficient (Wildman–Crippen LogP) is 2.69. The van der Waals surface area contributed by atoms with Crippen LogP contribution in [0.1, 0.15) is 22.8 Å². The van der Waals surface area contributed by atoms with Gasteiger partial charge < -0.3 is 20.4 Å². The highest BCUT2D eigenvalue weighted by atomic mass is 16.2. The number of anilines is 3. The van der Waals surface area contributed by atoms with Gasteiger partial charge >= 0.3 is 0 Å². The zero-order valence-electron chi connectivity index (χ0n) is 18.7. The Morgan fingerprint density at radius 3 is 2.41 bits per heavy atom. The second kappa shape index (κ2) is 8.93. The molecule has 9 heteroatoms. The first kappa shape index (κ1) is 21.6. The highest BCUT2D eigenvalue weighted by Crippen LogP contribution is 2.32. The lowest BCUT2D eigenvalue weighted by Crippen LogP contribution is -2.50. The zero-order chi connectivity index (χ0) is 23.7. The van der Waals surface area contributed by atoms with Gasteiger partial charge in [0, 0.05) is 61.7 Å². The molecule has 5 rings (SSSR count). The van der Waals surface area contributed by atoms with Gasteiger partial charge in [-0.25, -0.2) is 9.97 Å². The molecule has 0 aliphatic carbocycles. The van der Waals surface area contributed by atoms with E-state index in [0.717, 1.165) is 22.5 Å². The second-order valence-corrected chi connectivity index (χ2v) is 8.34. The van der Waals surface area contributed by atoms with Crippen molar-refractivity contribution in [1.29, 1.82) is 0 Å². The molecule has 0 radical (unpaired) electrons. The summed E-state index contributed by atoms with van der Waals surface area (Å²) >= 11 is 0. The van der Waals surface area contributed by atoms with Gasteiger partial charge in [0.05, 0.1) is 17.8 Å². The third kappa shape index (κ3) is 4.32. The van der Waals surface area contributed by atoms with E-state index in [1.165, 1.54) is 0 Å². The van der Waals surface area contributed by atoms with Crippen molar-refractivity contribution < 1.29 is 14.4 Å². The van der Waals surface area contributed by atoms with Crippen LogP contribution in [0.15, 0.2) is 54.7 Å². The van der Waals surface area contributed by atoms with Crippen LogP contribution in [0.4, 0.5) is 17.3 Å². The van der Waals surface area contributed by atoms with E-state index in [1.54, 1.807) is 35.1 Å². The number of hydrogen-bond acceptors (Lipinski definition) is 6.